The van der Waals surface area contributed by atoms with E-state index in [2.05, 4.69) is 35.0 Å². The summed E-state index contributed by atoms with van der Waals surface area (Å²) in [5.41, 5.74) is 17.4. The molecule has 274 valence electrons. The van der Waals surface area contributed by atoms with E-state index in [4.69, 9.17) is 17.2 Å². The second-order valence-electron chi connectivity index (χ2n) is 13.1. The zero-order chi connectivity index (χ0) is 35.0. The molecule has 0 radical (unpaired) electrons. The van der Waals surface area contributed by atoms with Crippen molar-refractivity contribution < 1.29 is 19.2 Å². The molecular formula is C37H72N6O4. The summed E-state index contributed by atoms with van der Waals surface area (Å²) in [5, 5.41) is 8.59. The van der Waals surface area contributed by atoms with Crippen molar-refractivity contribution in [2.45, 2.75) is 180 Å². The molecule has 0 aliphatic heterocycles. The number of rotatable bonds is 33. The molecule has 0 aromatic rings. The molecule has 0 saturated heterocycles. The van der Waals surface area contributed by atoms with Gasteiger partial charge in [0.25, 0.3) is 0 Å². The normalized spacial score (nSPS) is 13.3. The van der Waals surface area contributed by atoms with E-state index in [1.54, 1.807) is 0 Å². The van der Waals surface area contributed by atoms with Gasteiger partial charge in [0.2, 0.25) is 17.7 Å². The molecule has 0 aromatic heterocycles. The predicted octanol–water partition coefficient (Wildman–Crippen LogP) is 5.45. The van der Waals surface area contributed by atoms with Gasteiger partial charge in [0.15, 0.2) is 5.78 Å². The maximum atomic E-state index is 12.4. The number of allylic oxidation sites excluding steroid dienone is 2. The fourth-order valence-corrected chi connectivity index (χ4v) is 5.42. The Balaban J connectivity index is 3.85. The summed E-state index contributed by atoms with van der Waals surface area (Å²) in [7, 11) is 0. The zero-order valence-electron chi connectivity index (χ0n) is 30.1. The molecule has 3 amide bonds. The van der Waals surface area contributed by atoms with Crippen LogP contribution >= 0.6 is 0 Å². The van der Waals surface area contributed by atoms with Gasteiger partial charge in [0.05, 0.1) is 18.1 Å². The molecule has 0 fully saturated rings. The smallest absolute Gasteiger partial charge is 0.236 e. The molecule has 0 aliphatic carbocycles. The molecule has 10 heteroatoms. The van der Waals surface area contributed by atoms with Gasteiger partial charge < -0.3 is 33.2 Å². The van der Waals surface area contributed by atoms with Crippen LogP contribution in [0.5, 0.6) is 0 Å². The topological polar surface area (TPSA) is 182 Å². The summed E-state index contributed by atoms with van der Waals surface area (Å²) in [6.07, 6.45) is 27.1. The monoisotopic (exact) mass is 665 g/mol. The first kappa shape index (κ1) is 44.7. The van der Waals surface area contributed by atoms with Crippen molar-refractivity contribution in [3.63, 3.8) is 0 Å². The van der Waals surface area contributed by atoms with Gasteiger partial charge in [-0.05, 0) is 96.9 Å². The van der Waals surface area contributed by atoms with Crippen molar-refractivity contribution in [1.29, 1.82) is 0 Å². The minimum atomic E-state index is -0.606. The fraction of sp³-hybridized carbons (Fsp3) is 0.838. The first-order chi connectivity index (χ1) is 22.7. The van der Waals surface area contributed by atoms with Crippen LogP contribution in [-0.4, -0.2) is 61.3 Å². The number of amides is 3. The minimum Gasteiger partial charge on any atom is -0.355 e. The Morgan fingerprint density at radius 2 is 1.06 bits per heavy atom. The number of hydrogen-bond donors (Lipinski definition) is 6. The summed E-state index contributed by atoms with van der Waals surface area (Å²) in [6.45, 7) is 5.33. The van der Waals surface area contributed by atoms with Crippen molar-refractivity contribution in [3.05, 3.63) is 12.2 Å². The molecule has 0 spiro atoms. The summed E-state index contributed by atoms with van der Waals surface area (Å²) in [4.78, 5) is 48.8. The molecule has 0 heterocycles. The molecule has 0 saturated carbocycles. The molecular weight excluding hydrogens is 592 g/mol. The first-order valence-corrected chi connectivity index (χ1v) is 18.9. The van der Waals surface area contributed by atoms with Crippen molar-refractivity contribution in [1.82, 2.24) is 16.0 Å². The van der Waals surface area contributed by atoms with Crippen LogP contribution in [0, 0.1) is 0 Å². The van der Waals surface area contributed by atoms with Gasteiger partial charge in [0.1, 0.15) is 0 Å². The SMILES string of the molecule is CCCCCCCC/C=C\CCCCCCCC(=O)NC(CCCCNC(=O)C(N)CCCCNC(=O)C(N)CCCCN)C(C)=O. The molecule has 10 nitrogen and oxygen atoms in total. The van der Waals surface area contributed by atoms with Gasteiger partial charge in [-0.2, -0.15) is 0 Å². The summed E-state index contributed by atoms with van der Waals surface area (Å²) < 4.78 is 0. The highest BCUT2D eigenvalue weighted by Crippen LogP contribution is 2.11. The maximum Gasteiger partial charge on any atom is 0.236 e. The molecule has 9 N–H and O–H groups in total. The Labute approximate surface area is 287 Å². The van der Waals surface area contributed by atoms with E-state index in [1.807, 2.05) is 0 Å². The van der Waals surface area contributed by atoms with Gasteiger partial charge in [-0.15, -0.1) is 0 Å². The Morgan fingerprint density at radius 3 is 1.57 bits per heavy atom. The molecule has 3 atom stereocenters. The van der Waals surface area contributed by atoms with Crippen LogP contribution in [0.3, 0.4) is 0 Å². The molecule has 0 aromatic carbocycles. The van der Waals surface area contributed by atoms with E-state index >= 15 is 0 Å². The molecule has 3 unspecified atom stereocenters. The van der Waals surface area contributed by atoms with Gasteiger partial charge >= 0.3 is 0 Å². The lowest BCUT2D eigenvalue weighted by molar-refractivity contribution is -0.127. The highest BCUT2D eigenvalue weighted by atomic mass is 16.2. The van der Waals surface area contributed by atoms with Crippen LogP contribution in [0.2, 0.25) is 0 Å². The lowest BCUT2D eigenvalue weighted by Gasteiger charge is -2.16. The average molecular weight is 665 g/mol. The van der Waals surface area contributed by atoms with Crippen LogP contribution in [-0.2, 0) is 19.2 Å². The minimum absolute atomic E-state index is 0.0428. The third-order valence-corrected chi connectivity index (χ3v) is 8.59. The van der Waals surface area contributed by atoms with Gasteiger partial charge in [-0.1, -0.05) is 76.9 Å². The fourth-order valence-electron chi connectivity index (χ4n) is 5.42. The molecule has 0 aliphatic rings. The Bertz CT molecular complexity index is 838. The number of nitrogens with one attached hydrogen (secondary N) is 3. The van der Waals surface area contributed by atoms with Crippen molar-refractivity contribution in [2.75, 3.05) is 19.6 Å². The number of unbranched alkanes of at least 4 members (excludes halogenated alkanes) is 14. The summed E-state index contributed by atoms with van der Waals surface area (Å²) in [5.74, 6) is -0.466. The van der Waals surface area contributed by atoms with E-state index in [0.717, 1.165) is 44.9 Å². The van der Waals surface area contributed by atoms with Crippen molar-refractivity contribution in [3.8, 4) is 0 Å². The van der Waals surface area contributed by atoms with Gasteiger partial charge in [-0.3, -0.25) is 19.2 Å². The number of hydrogen-bond acceptors (Lipinski definition) is 7. The largest absolute Gasteiger partial charge is 0.355 e. The molecule has 0 rings (SSSR count). The number of Topliss-reactive ketones (excluding diaryl/α,β-unsaturated/α-hetero) is 1. The lowest BCUT2D eigenvalue weighted by atomic mass is 10.0. The van der Waals surface area contributed by atoms with Gasteiger partial charge in [0, 0.05) is 19.5 Å². The van der Waals surface area contributed by atoms with E-state index in [0.29, 0.717) is 64.6 Å². The summed E-state index contributed by atoms with van der Waals surface area (Å²) in [6, 6.07) is -1.60. The molecule has 47 heavy (non-hydrogen) atoms. The number of carbonyl (C=O) groups is 4. The van der Waals surface area contributed by atoms with Crippen LogP contribution in [0.25, 0.3) is 0 Å². The predicted molar refractivity (Wildman–Crippen MR) is 195 cm³/mol. The van der Waals surface area contributed by atoms with Gasteiger partial charge in [-0.25, -0.2) is 0 Å². The average Bonchev–Trinajstić information content (AvgIpc) is 3.05. The van der Waals surface area contributed by atoms with Crippen molar-refractivity contribution >= 4 is 23.5 Å². The third-order valence-electron chi connectivity index (χ3n) is 8.59. The lowest BCUT2D eigenvalue weighted by Crippen LogP contribution is -2.42. The highest BCUT2D eigenvalue weighted by molar-refractivity contribution is 5.87. The number of carbonyl (C=O) groups excluding carboxylic acids is 4. The number of nitrogens with two attached hydrogens (primary N) is 3. The summed E-state index contributed by atoms with van der Waals surface area (Å²) >= 11 is 0. The van der Waals surface area contributed by atoms with E-state index < -0.39 is 18.1 Å². The first-order valence-electron chi connectivity index (χ1n) is 18.9. The second kappa shape index (κ2) is 32.3. The zero-order valence-corrected chi connectivity index (χ0v) is 30.1. The van der Waals surface area contributed by atoms with Crippen LogP contribution in [0.1, 0.15) is 162 Å². The third kappa shape index (κ3) is 28.4. The Hall–Kier alpha value is -2.30. The number of ketones is 1. The Kier molecular flexibility index (Phi) is 30.7. The van der Waals surface area contributed by atoms with Crippen LogP contribution in [0.15, 0.2) is 12.2 Å². The van der Waals surface area contributed by atoms with E-state index in [9.17, 15) is 19.2 Å². The van der Waals surface area contributed by atoms with E-state index in [-0.39, 0.29) is 23.5 Å². The highest BCUT2D eigenvalue weighted by Gasteiger charge is 2.17. The quantitative estimate of drug-likeness (QED) is 0.0398. The maximum absolute atomic E-state index is 12.4. The van der Waals surface area contributed by atoms with Crippen LogP contribution in [0.4, 0.5) is 0 Å². The molecule has 0 bridgehead atoms. The second-order valence-corrected chi connectivity index (χ2v) is 13.1. The standard InChI is InChI=1S/C37H72N6O4/c1-3-4-5-6-7-8-9-10-11-12-13-14-15-16-17-27-35(45)43-34(31(2)44)26-20-23-30-42-37(47)33(40)25-19-22-29-41-36(46)32(39)24-18-21-28-38/h10-11,32-34H,3-9,12-30,38-40H2,1-2H3,(H,41,46)(H,42,47)(H,43,45)/b11-10-. The van der Waals surface area contributed by atoms with Crippen LogP contribution < -0.4 is 33.2 Å². The van der Waals surface area contributed by atoms with E-state index in [1.165, 1.54) is 64.7 Å². The Morgan fingerprint density at radius 1 is 0.596 bits per heavy atom. The van der Waals surface area contributed by atoms with Crippen molar-refractivity contribution in [2.24, 2.45) is 17.2 Å².